The zero-order valence-corrected chi connectivity index (χ0v) is 15.1. The third kappa shape index (κ3) is 3.07. The van der Waals surface area contributed by atoms with Gasteiger partial charge < -0.3 is 13.9 Å². The van der Waals surface area contributed by atoms with Gasteiger partial charge in [0.05, 0.1) is 24.8 Å². The van der Waals surface area contributed by atoms with Crippen LogP contribution in [0.1, 0.15) is 5.76 Å². The van der Waals surface area contributed by atoms with Gasteiger partial charge in [-0.1, -0.05) is 0 Å². The molecule has 0 aliphatic carbocycles. The largest absolute Gasteiger partial charge is 0.497 e. The van der Waals surface area contributed by atoms with Gasteiger partial charge in [-0.2, -0.15) is 0 Å². The fourth-order valence-corrected chi connectivity index (χ4v) is 3.31. The van der Waals surface area contributed by atoms with E-state index in [2.05, 4.69) is 15.9 Å². The number of hydrogen-bond acceptors (Lipinski definition) is 6. The number of benzene rings is 1. The summed E-state index contributed by atoms with van der Waals surface area (Å²) in [7, 11) is 2.99. The number of carbonyl (C=O) groups is 2. The first-order chi connectivity index (χ1) is 11.5. The van der Waals surface area contributed by atoms with Gasteiger partial charge in [0.1, 0.15) is 17.3 Å². The Labute approximate surface area is 150 Å². The molecule has 0 saturated carbocycles. The van der Waals surface area contributed by atoms with Gasteiger partial charge in [0, 0.05) is 12.1 Å². The number of rotatable bonds is 4. The normalized spacial score (nSPS) is 16.1. The second-order valence-corrected chi connectivity index (χ2v) is 6.47. The van der Waals surface area contributed by atoms with Crippen molar-refractivity contribution in [3.63, 3.8) is 0 Å². The molecule has 24 heavy (non-hydrogen) atoms. The van der Waals surface area contributed by atoms with Crippen molar-refractivity contribution < 1.29 is 23.5 Å². The molecule has 1 aromatic heterocycles. The van der Waals surface area contributed by atoms with Crippen molar-refractivity contribution in [1.82, 2.24) is 0 Å². The average Bonchev–Trinajstić information content (AvgIpc) is 3.10. The zero-order valence-electron chi connectivity index (χ0n) is 12.7. The van der Waals surface area contributed by atoms with Crippen molar-refractivity contribution in [1.29, 1.82) is 0 Å². The second kappa shape index (κ2) is 6.74. The van der Waals surface area contributed by atoms with E-state index in [1.807, 2.05) is 0 Å². The number of ether oxygens (including phenoxy) is 2. The standard InChI is InChI=1S/C16H12BrNO5S/c1-21-9-3-5-11(12(7-9)22-2)18-15(19)13(24-16(18)20)8-10-4-6-14(17)23-10/h3-8H,1-2H3/b13-8+. The van der Waals surface area contributed by atoms with Gasteiger partial charge in [-0.25, -0.2) is 4.90 Å². The van der Waals surface area contributed by atoms with E-state index in [-0.39, 0.29) is 4.91 Å². The van der Waals surface area contributed by atoms with Gasteiger partial charge in [-0.15, -0.1) is 0 Å². The molecule has 6 nitrogen and oxygen atoms in total. The molecule has 3 rings (SSSR count). The fraction of sp³-hybridized carbons (Fsp3) is 0.125. The van der Waals surface area contributed by atoms with Crippen LogP contribution in [0.2, 0.25) is 0 Å². The molecule has 1 aliphatic rings. The minimum absolute atomic E-state index is 0.278. The van der Waals surface area contributed by atoms with E-state index >= 15 is 0 Å². The molecular formula is C16H12BrNO5S. The van der Waals surface area contributed by atoms with Crippen LogP contribution >= 0.6 is 27.7 Å². The summed E-state index contributed by atoms with van der Waals surface area (Å²) >= 11 is 4.04. The quantitative estimate of drug-likeness (QED) is 0.701. The molecule has 124 valence electrons. The molecule has 0 bridgehead atoms. The van der Waals surface area contributed by atoms with Crippen molar-refractivity contribution in [2.75, 3.05) is 19.1 Å². The number of imide groups is 1. The minimum atomic E-state index is -0.430. The van der Waals surface area contributed by atoms with Gasteiger partial charge in [0.15, 0.2) is 4.67 Å². The Kier molecular flexibility index (Phi) is 4.68. The highest BCUT2D eigenvalue weighted by Gasteiger charge is 2.38. The maximum absolute atomic E-state index is 12.6. The molecule has 2 aromatic rings. The third-order valence-electron chi connectivity index (χ3n) is 3.29. The van der Waals surface area contributed by atoms with Crippen LogP contribution in [-0.4, -0.2) is 25.4 Å². The summed E-state index contributed by atoms with van der Waals surface area (Å²) in [5, 5.41) is -0.402. The van der Waals surface area contributed by atoms with Crippen molar-refractivity contribution >= 4 is 50.6 Å². The summed E-state index contributed by atoms with van der Waals surface area (Å²) in [4.78, 5) is 26.3. The predicted octanol–water partition coefficient (Wildman–Crippen LogP) is 4.30. The molecular weight excluding hydrogens is 398 g/mol. The van der Waals surface area contributed by atoms with E-state index in [1.165, 1.54) is 20.3 Å². The van der Waals surface area contributed by atoms with Crippen LogP contribution in [0, 0.1) is 0 Å². The molecule has 0 N–H and O–H groups in total. The third-order valence-corrected chi connectivity index (χ3v) is 4.58. The number of nitrogens with zero attached hydrogens (tertiary/aromatic N) is 1. The second-order valence-electron chi connectivity index (χ2n) is 4.70. The Morgan fingerprint density at radius 3 is 2.58 bits per heavy atom. The number of thioether (sulfide) groups is 1. The molecule has 8 heteroatoms. The molecule has 0 unspecified atom stereocenters. The van der Waals surface area contributed by atoms with E-state index in [1.54, 1.807) is 30.3 Å². The Morgan fingerprint density at radius 1 is 1.17 bits per heavy atom. The number of carbonyl (C=O) groups excluding carboxylic acids is 2. The van der Waals surface area contributed by atoms with Gasteiger partial charge in [-0.05, 0) is 52.0 Å². The van der Waals surface area contributed by atoms with E-state index in [0.717, 1.165) is 16.7 Å². The smallest absolute Gasteiger partial charge is 0.298 e. The first-order valence-corrected chi connectivity index (χ1v) is 8.39. The molecule has 1 saturated heterocycles. The van der Waals surface area contributed by atoms with Gasteiger partial charge in [-0.3, -0.25) is 9.59 Å². The van der Waals surface area contributed by atoms with Crippen molar-refractivity contribution in [3.8, 4) is 11.5 Å². The maximum Gasteiger partial charge on any atom is 0.298 e. The first kappa shape index (κ1) is 16.7. The summed E-state index contributed by atoms with van der Waals surface area (Å²) in [5.41, 5.74) is 0.366. The molecule has 1 aliphatic heterocycles. The summed E-state index contributed by atoms with van der Waals surface area (Å²) in [5.74, 6) is 0.993. The minimum Gasteiger partial charge on any atom is -0.497 e. The van der Waals surface area contributed by atoms with Crippen LogP contribution in [0.5, 0.6) is 11.5 Å². The monoisotopic (exact) mass is 409 g/mol. The lowest BCUT2D eigenvalue weighted by Crippen LogP contribution is -2.28. The molecule has 1 fully saturated rings. The SMILES string of the molecule is COc1ccc(N2C(=O)S/C(=C/c3ccc(Br)o3)C2=O)c(OC)c1. The molecule has 2 amide bonds. The van der Waals surface area contributed by atoms with Crippen LogP contribution in [-0.2, 0) is 4.79 Å². The Balaban J connectivity index is 1.96. The Bertz CT molecular complexity index is 845. The maximum atomic E-state index is 12.6. The number of furan rings is 1. The highest BCUT2D eigenvalue weighted by Crippen LogP contribution is 2.41. The highest BCUT2D eigenvalue weighted by atomic mass is 79.9. The topological polar surface area (TPSA) is 69.0 Å². The summed E-state index contributed by atoms with van der Waals surface area (Å²) < 4.78 is 16.3. The summed E-state index contributed by atoms with van der Waals surface area (Å²) in [6.07, 6.45) is 1.53. The average molecular weight is 410 g/mol. The van der Waals surface area contributed by atoms with E-state index in [9.17, 15) is 9.59 Å². The van der Waals surface area contributed by atoms with Gasteiger partial charge >= 0.3 is 0 Å². The first-order valence-electron chi connectivity index (χ1n) is 6.79. The van der Waals surface area contributed by atoms with Crippen molar-refractivity contribution in [3.05, 3.63) is 45.7 Å². The fourth-order valence-electron chi connectivity index (χ4n) is 2.18. The van der Waals surface area contributed by atoms with Crippen LogP contribution < -0.4 is 14.4 Å². The number of halogens is 1. The molecule has 2 heterocycles. The lowest BCUT2D eigenvalue weighted by molar-refractivity contribution is -0.113. The molecule has 0 radical (unpaired) electrons. The molecule has 1 aromatic carbocycles. The number of amides is 2. The van der Waals surface area contributed by atoms with Gasteiger partial charge in [0.25, 0.3) is 11.1 Å². The van der Waals surface area contributed by atoms with Gasteiger partial charge in [0.2, 0.25) is 0 Å². The van der Waals surface area contributed by atoms with Crippen LogP contribution in [0.3, 0.4) is 0 Å². The Hall–Kier alpha value is -2.19. The summed E-state index contributed by atoms with van der Waals surface area (Å²) in [6, 6.07) is 8.30. The van der Waals surface area contributed by atoms with Crippen molar-refractivity contribution in [2.45, 2.75) is 0 Å². The van der Waals surface area contributed by atoms with E-state index in [0.29, 0.717) is 27.6 Å². The number of anilines is 1. The lowest BCUT2D eigenvalue weighted by atomic mass is 10.2. The lowest BCUT2D eigenvalue weighted by Gasteiger charge is -2.16. The Morgan fingerprint density at radius 2 is 1.96 bits per heavy atom. The summed E-state index contributed by atoms with van der Waals surface area (Å²) in [6.45, 7) is 0. The highest BCUT2D eigenvalue weighted by molar-refractivity contribution is 9.10. The number of hydrogen-bond donors (Lipinski definition) is 0. The van der Waals surface area contributed by atoms with Crippen LogP contribution in [0.4, 0.5) is 10.5 Å². The molecule has 0 atom stereocenters. The van der Waals surface area contributed by atoms with Crippen LogP contribution in [0.15, 0.2) is 44.3 Å². The van der Waals surface area contributed by atoms with Crippen molar-refractivity contribution in [2.24, 2.45) is 0 Å². The van der Waals surface area contributed by atoms with E-state index < -0.39 is 11.1 Å². The van der Waals surface area contributed by atoms with Crippen LogP contribution in [0.25, 0.3) is 6.08 Å². The predicted molar refractivity (Wildman–Crippen MR) is 94.4 cm³/mol. The molecule has 0 spiro atoms. The number of methoxy groups -OCH3 is 2. The zero-order chi connectivity index (χ0) is 17.3. The van der Waals surface area contributed by atoms with E-state index in [4.69, 9.17) is 13.9 Å².